The number of nitrogens with zero attached hydrogens (tertiary/aromatic N) is 5. The Bertz CT molecular complexity index is 1070. The standard InChI is InChI=1S/C22H30FN5O2S/c1-15(2)27-10-7-16(8-11-27)26(3)20-13-21(25-14-24-20)28-12-9-17-18(28)5-6-19(22(17)23)31(4,29)30/h5-6,13-16H,7-12H2,1-4H3. The van der Waals surface area contributed by atoms with Gasteiger partial charge >= 0.3 is 0 Å². The molecule has 1 fully saturated rings. The predicted octanol–water partition coefficient (Wildman–Crippen LogP) is 3.02. The third kappa shape index (κ3) is 4.25. The second kappa shape index (κ2) is 8.35. The van der Waals surface area contributed by atoms with Crippen LogP contribution >= 0.6 is 0 Å². The van der Waals surface area contributed by atoms with Crippen LogP contribution in [0, 0.1) is 5.82 Å². The number of piperidine rings is 1. The number of hydrogen-bond acceptors (Lipinski definition) is 7. The molecule has 2 aliphatic rings. The molecule has 168 valence electrons. The fourth-order valence-corrected chi connectivity index (χ4v) is 5.37. The zero-order valence-electron chi connectivity index (χ0n) is 18.5. The summed E-state index contributed by atoms with van der Waals surface area (Å²) >= 11 is 0. The Morgan fingerprint density at radius 3 is 2.52 bits per heavy atom. The van der Waals surface area contributed by atoms with E-state index < -0.39 is 15.7 Å². The number of benzene rings is 1. The average molecular weight is 448 g/mol. The largest absolute Gasteiger partial charge is 0.356 e. The first-order valence-electron chi connectivity index (χ1n) is 10.7. The Balaban J connectivity index is 1.56. The molecular weight excluding hydrogens is 417 g/mol. The molecule has 0 spiro atoms. The van der Waals surface area contributed by atoms with Gasteiger partial charge in [0.2, 0.25) is 0 Å². The van der Waals surface area contributed by atoms with Crippen LogP contribution in [0.3, 0.4) is 0 Å². The van der Waals surface area contributed by atoms with Crippen molar-refractivity contribution in [2.24, 2.45) is 0 Å². The lowest BCUT2D eigenvalue weighted by atomic mass is 10.0. The first-order valence-corrected chi connectivity index (χ1v) is 12.6. The molecule has 3 heterocycles. The van der Waals surface area contributed by atoms with E-state index in [1.165, 1.54) is 6.07 Å². The van der Waals surface area contributed by atoms with E-state index >= 15 is 0 Å². The molecular formula is C22H30FN5O2S. The van der Waals surface area contributed by atoms with Crippen molar-refractivity contribution in [3.63, 3.8) is 0 Å². The molecule has 0 radical (unpaired) electrons. The maximum Gasteiger partial charge on any atom is 0.178 e. The predicted molar refractivity (Wildman–Crippen MR) is 120 cm³/mol. The maximum atomic E-state index is 14.8. The highest BCUT2D eigenvalue weighted by molar-refractivity contribution is 7.90. The molecule has 0 atom stereocenters. The summed E-state index contributed by atoms with van der Waals surface area (Å²) in [6.45, 7) is 7.16. The monoisotopic (exact) mass is 447 g/mol. The van der Waals surface area contributed by atoms with Gasteiger partial charge in [0.25, 0.3) is 0 Å². The van der Waals surface area contributed by atoms with Gasteiger partial charge in [-0.15, -0.1) is 0 Å². The molecule has 2 aliphatic heterocycles. The highest BCUT2D eigenvalue weighted by Gasteiger charge is 2.29. The summed E-state index contributed by atoms with van der Waals surface area (Å²) in [5, 5.41) is 0. The van der Waals surface area contributed by atoms with E-state index in [0.29, 0.717) is 42.1 Å². The third-order valence-corrected chi connectivity index (χ3v) is 7.63. The zero-order chi connectivity index (χ0) is 22.3. The fraction of sp³-hybridized carbons (Fsp3) is 0.545. The molecule has 0 N–H and O–H groups in total. The molecule has 0 amide bonds. The minimum Gasteiger partial charge on any atom is -0.356 e. The van der Waals surface area contributed by atoms with Gasteiger partial charge in [-0.05, 0) is 45.2 Å². The summed E-state index contributed by atoms with van der Waals surface area (Å²) in [4.78, 5) is 15.3. The molecule has 7 nitrogen and oxygen atoms in total. The van der Waals surface area contributed by atoms with Crippen LogP contribution in [0.15, 0.2) is 29.4 Å². The number of aromatic nitrogens is 2. The van der Waals surface area contributed by atoms with Gasteiger partial charge in [0, 0.05) is 62.3 Å². The van der Waals surface area contributed by atoms with Crippen LogP contribution in [-0.4, -0.2) is 68.3 Å². The second-order valence-corrected chi connectivity index (χ2v) is 10.7. The van der Waals surface area contributed by atoms with Crippen LogP contribution in [0.5, 0.6) is 0 Å². The quantitative estimate of drug-likeness (QED) is 0.698. The lowest BCUT2D eigenvalue weighted by molar-refractivity contribution is 0.171. The number of likely N-dealkylation sites (tertiary alicyclic amines) is 1. The fourth-order valence-electron chi connectivity index (χ4n) is 4.60. The van der Waals surface area contributed by atoms with Gasteiger partial charge < -0.3 is 14.7 Å². The smallest absolute Gasteiger partial charge is 0.178 e. The van der Waals surface area contributed by atoms with Gasteiger partial charge in [-0.1, -0.05) is 0 Å². The van der Waals surface area contributed by atoms with E-state index in [4.69, 9.17) is 0 Å². The molecule has 2 aromatic rings. The molecule has 31 heavy (non-hydrogen) atoms. The molecule has 9 heteroatoms. The van der Waals surface area contributed by atoms with Crippen LogP contribution in [0.25, 0.3) is 0 Å². The maximum absolute atomic E-state index is 14.8. The second-order valence-electron chi connectivity index (χ2n) is 8.76. The zero-order valence-corrected chi connectivity index (χ0v) is 19.4. The van der Waals surface area contributed by atoms with Gasteiger partial charge in [0.05, 0.1) is 0 Å². The van der Waals surface area contributed by atoms with E-state index in [1.54, 1.807) is 12.4 Å². The Morgan fingerprint density at radius 1 is 1.16 bits per heavy atom. The first kappa shape index (κ1) is 22.0. The molecule has 1 aromatic heterocycles. The van der Waals surface area contributed by atoms with E-state index in [1.807, 2.05) is 11.0 Å². The number of anilines is 3. The molecule has 0 bridgehead atoms. The highest BCUT2D eigenvalue weighted by Crippen LogP contribution is 2.38. The van der Waals surface area contributed by atoms with Crippen LogP contribution in [-0.2, 0) is 16.3 Å². The Morgan fingerprint density at radius 2 is 1.87 bits per heavy atom. The average Bonchev–Trinajstić information content (AvgIpc) is 3.18. The van der Waals surface area contributed by atoms with E-state index in [-0.39, 0.29) is 4.90 Å². The van der Waals surface area contributed by atoms with E-state index in [0.717, 1.165) is 38.0 Å². The van der Waals surface area contributed by atoms with E-state index in [9.17, 15) is 12.8 Å². The van der Waals surface area contributed by atoms with Crippen molar-refractivity contribution in [1.29, 1.82) is 0 Å². The van der Waals surface area contributed by atoms with Crippen LogP contribution in [0.2, 0.25) is 0 Å². The van der Waals surface area contributed by atoms with Gasteiger partial charge in [0.15, 0.2) is 9.84 Å². The Hall–Kier alpha value is -2.26. The van der Waals surface area contributed by atoms with Crippen LogP contribution in [0.1, 0.15) is 32.3 Å². The topological polar surface area (TPSA) is 69.6 Å². The van der Waals surface area contributed by atoms with Gasteiger partial charge in [-0.2, -0.15) is 0 Å². The summed E-state index contributed by atoms with van der Waals surface area (Å²) in [6, 6.07) is 5.94. The summed E-state index contributed by atoms with van der Waals surface area (Å²) < 4.78 is 38.5. The van der Waals surface area contributed by atoms with Crippen molar-refractivity contribution >= 4 is 27.2 Å². The number of rotatable bonds is 5. The van der Waals surface area contributed by atoms with Gasteiger partial charge in [-0.25, -0.2) is 22.8 Å². The van der Waals surface area contributed by atoms with Crippen molar-refractivity contribution in [2.75, 3.05) is 42.7 Å². The van der Waals surface area contributed by atoms with Crippen LogP contribution in [0.4, 0.5) is 21.7 Å². The summed E-state index contributed by atoms with van der Waals surface area (Å²) in [7, 11) is -1.54. The lowest BCUT2D eigenvalue weighted by Crippen LogP contribution is -2.46. The SMILES string of the molecule is CC(C)N1CCC(N(C)c2cc(N3CCc4c3ccc(S(C)(=O)=O)c4F)ncn2)CC1. The molecule has 1 aromatic carbocycles. The van der Waals surface area contributed by atoms with Gasteiger partial charge in [0.1, 0.15) is 28.7 Å². The van der Waals surface area contributed by atoms with E-state index in [2.05, 4.69) is 40.7 Å². The third-order valence-electron chi connectivity index (χ3n) is 6.51. The molecule has 0 saturated carbocycles. The number of hydrogen-bond donors (Lipinski definition) is 0. The first-order chi connectivity index (χ1) is 14.7. The molecule has 1 saturated heterocycles. The summed E-state index contributed by atoms with van der Waals surface area (Å²) in [6.07, 6.45) is 5.18. The molecule has 0 aliphatic carbocycles. The van der Waals surface area contributed by atoms with Crippen LogP contribution < -0.4 is 9.80 Å². The van der Waals surface area contributed by atoms with Gasteiger partial charge in [-0.3, -0.25) is 0 Å². The van der Waals surface area contributed by atoms with Crippen molar-refractivity contribution in [3.05, 3.63) is 35.9 Å². The number of sulfone groups is 1. The Labute approximate surface area is 183 Å². The highest BCUT2D eigenvalue weighted by atomic mass is 32.2. The minimum atomic E-state index is -3.61. The summed E-state index contributed by atoms with van der Waals surface area (Å²) in [5.41, 5.74) is 1.10. The van der Waals surface area contributed by atoms with Crippen molar-refractivity contribution in [3.8, 4) is 0 Å². The van der Waals surface area contributed by atoms with Crippen molar-refractivity contribution in [1.82, 2.24) is 14.9 Å². The number of halogens is 1. The van der Waals surface area contributed by atoms with Crippen molar-refractivity contribution < 1.29 is 12.8 Å². The molecule has 4 rings (SSSR count). The number of fused-ring (bicyclic) bond motifs is 1. The normalized spacial score (nSPS) is 17.9. The summed E-state index contributed by atoms with van der Waals surface area (Å²) in [5.74, 6) is 0.891. The van der Waals surface area contributed by atoms with Crippen molar-refractivity contribution in [2.45, 2.75) is 50.1 Å². The minimum absolute atomic E-state index is 0.246. The molecule has 0 unspecified atom stereocenters. The lowest BCUT2D eigenvalue weighted by Gasteiger charge is -2.39. The Kier molecular flexibility index (Phi) is 5.91.